The number of aromatic nitrogens is 1. The summed E-state index contributed by atoms with van der Waals surface area (Å²) in [5, 5.41) is 12.3. The molecule has 0 bridgehead atoms. The highest BCUT2D eigenvalue weighted by molar-refractivity contribution is 5.86. The summed E-state index contributed by atoms with van der Waals surface area (Å²) < 4.78 is 20.6. The van der Waals surface area contributed by atoms with Gasteiger partial charge in [-0.25, -0.2) is 4.79 Å². The lowest BCUT2D eigenvalue weighted by Gasteiger charge is -2.12. The normalized spacial score (nSPS) is 10.2. The van der Waals surface area contributed by atoms with Gasteiger partial charge < -0.3 is 23.8 Å². The van der Waals surface area contributed by atoms with Crippen molar-refractivity contribution >= 4 is 5.97 Å². The molecule has 0 aliphatic heterocycles. The number of carboxylic acid groups (broad SMARTS) is 1. The van der Waals surface area contributed by atoms with Crippen molar-refractivity contribution < 1.29 is 28.6 Å². The Balaban J connectivity index is 2.53. The standard InChI is InChI=1S/C13H13NO6/c1-17-10-4-7(5-11(18-2)12(10)19-3)9-6-8(13(15)16)14-20-9/h4-6H,1-3H3,(H,15,16). The molecule has 0 aliphatic rings. The number of ether oxygens (including phenoxy) is 3. The Bertz CT molecular complexity index is 609. The Morgan fingerprint density at radius 3 is 2.10 bits per heavy atom. The largest absolute Gasteiger partial charge is 0.493 e. The first-order valence-corrected chi connectivity index (χ1v) is 5.61. The molecule has 1 N–H and O–H groups in total. The van der Waals surface area contributed by atoms with Gasteiger partial charge in [-0.05, 0) is 12.1 Å². The molecule has 0 aliphatic carbocycles. The molecule has 106 valence electrons. The lowest BCUT2D eigenvalue weighted by atomic mass is 10.1. The fraction of sp³-hybridized carbons (Fsp3) is 0.231. The molecule has 0 amide bonds. The van der Waals surface area contributed by atoms with Crippen LogP contribution in [0.5, 0.6) is 17.2 Å². The van der Waals surface area contributed by atoms with Gasteiger partial charge in [-0.2, -0.15) is 0 Å². The molecule has 0 unspecified atom stereocenters. The van der Waals surface area contributed by atoms with Crippen LogP contribution < -0.4 is 14.2 Å². The van der Waals surface area contributed by atoms with Crippen LogP contribution in [0.25, 0.3) is 11.3 Å². The van der Waals surface area contributed by atoms with Gasteiger partial charge in [0, 0.05) is 11.6 Å². The zero-order chi connectivity index (χ0) is 14.7. The zero-order valence-electron chi connectivity index (χ0n) is 11.2. The Hall–Kier alpha value is -2.70. The number of carboxylic acids is 1. The van der Waals surface area contributed by atoms with Crippen molar-refractivity contribution in [2.24, 2.45) is 0 Å². The van der Waals surface area contributed by atoms with Gasteiger partial charge in [0.05, 0.1) is 21.3 Å². The fourth-order valence-electron chi connectivity index (χ4n) is 1.74. The van der Waals surface area contributed by atoms with Gasteiger partial charge >= 0.3 is 5.97 Å². The summed E-state index contributed by atoms with van der Waals surface area (Å²) in [7, 11) is 4.48. The van der Waals surface area contributed by atoms with Gasteiger partial charge in [0.2, 0.25) is 5.75 Å². The number of hydrogen-bond acceptors (Lipinski definition) is 6. The van der Waals surface area contributed by atoms with Crippen LogP contribution in [0, 0.1) is 0 Å². The van der Waals surface area contributed by atoms with Gasteiger partial charge in [-0.15, -0.1) is 0 Å². The molecular formula is C13H13NO6. The van der Waals surface area contributed by atoms with E-state index in [0.29, 0.717) is 28.6 Å². The van der Waals surface area contributed by atoms with E-state index >= 15 is 0 Å². The van der Waals surface area contributed by atoms with Crippen molar-refractivity contribution in [1.82, 2.24) is 5.16 Å². The van der Waals surface area contributed by atoms with Crippen molar-refractivity contribution in [1.29, 1.82) is 0 Å². The van der Waals surface area contributed by atoms with E-state index in [1.165, 1.54) is 27.4 Å². The molecule has 20 heavy (non-hydrogen) atoms. The van der Waals surface area contributed by atoms with Crippen LogP contribution >= 0.6 is 0 Å². The quantitative estimate of drug-likeness (QED) is 0.895. The monoisotopic (exact) mass is 279 g/mol. The summed E-state index contributed by atoms with van der Waals surface area (Å²) in [6.45, 7) is 0. The minimum atomic E-state index is -1.16. The van der Waals surface area contributed by atoms with Crippen LogP contribution in [0.15, 0.2) is 22.7 Å². The van der Waals surface area contributed by atoms with E-state index in [4.69, 9.17) is 23.8 Å². The number of hydrogen-bond donors (Lipinski definition) is 1. The molecule has 0 saturated heterocycles. The van der Waals surface area contributed by atoms with E-state index in [9.17, 15) is 4.79 Å². The lowest BCUT2D eigenvalue weighted by Crippen LogP contribution is -1.95. The van der Waals surface area contributed by atoms with Crippen molar-refractivity contribution in [2.75, 3.05) is 21.3 Å². The first kappa shape index (κ1) is 13.7. The highest BCUT2D eigenvalue weighted by Gasteiger charge is 2.18. The van der Waals surface area contributed by atoms with Crippen molar-refractivity contribution in [2.45, 2.75) is 0 Å². The van der Waals surface area contributed by atoms with Gasteiger partial charge in [0.25, 0.3) is 0 Å². The SMILES string of the molecule is COc1cc(-c2cc(C(=O)O)no2)cc(OC)c1OC. The summed E-state index contributed by atoms with van der Waals surface area (Å²) >= 11 is 0. The number of methoxy groups -OCH3 is 3. The minimum absolute atomic E-state index is 0.172. The molecule has 1 heterocycles. The predicted octanol–water partition coefficient (Wildman–Crippen LogP) is 2.07. The van der Waals surface area contributed by atoms with E-state index < -0.39 is 5.97 Å². The number of aromatic carboxylic acids is 1. The highest BCUT2D eigenvalue weighted by Crippen LogP contribution is 2.41. The maximum Gasteiger partial charge on any atom is 0.358 e. The third-order valence-electron chi connectivity index (χ3n) is 2.68. The van der Waals surface area contributed by atoms with Crippen LogP contribution in [0.3, 0.4) is 0 Å². The molecule has 0 fully saturated rings. The minimum Gasteiger partial charge on any atom is -0.493 e. The number of nitrogens with zero attached hydrogens (tertiary/aromatic N) is 1. The Morgan fingerprint density at radius 1 is 1.10 bits per heavy atom. The maximum atomic E-state index is 10.8. The van der Waals surface area contributed by atoms with Crippen LogP contribution in [0.2, 0.25) is 0 Å². The molecule has 0 atom stereocenters. The van der Waals surface area contributed by atoms with Gasteiger partial charge in [0.1, 0.15) is 0 Å². The Labute approximate surface area is 114 Å². The maximum absolute atomic E-state index is 10.8. The molecule has 7 heteroatoms. The molecule has 0 saturated carbocycles. The van der Waals surface area contributed by atoms with Crippen LogP contribution in [0.4, 0.5) is 0 Å². The van der Waals surface area contributed by atoms with Crippen LogP contribution in [-0.4, -0.2) is 37.6 Å². The highest BCUT2D eigenvalue weighted by atomic mass is 16.5. The average molecular weight is 279 g/mol. The van der Waals surface area contributed by atoms with Crippen molar-refractivity contribution in [3.05, 3.63) is 23.9 Å². The first-order valence-electron chi connectivity index (χ1n) is 5.61. The van der Waals surface area contributed by atoms with Gasteiger partial charge in [-0.1, -0.05) is 5.16 Å². The summed E-state index contributed by atoms with van der Waals surface area (Å²) in [5.41, 5.74) is 0.397. The average Bonchev–Trinajstić information content (AvgIpc) is 2.95. The molecule has 1 aromatic carbocycles. The second-order valence-electron chi connectivity index (χ2n) is 3.80. The fourth-order valence-corrected chi connectivity index (χ4v) is 1.74. The first-order chi connectivity index (χ1) is 9.60. The molecule has 1 aromatic heterocycles. The van der Waals surface area contributed by atoms with Crippen molar-refractivity contribution in [3.63, 3.8) is 0 Å². The molecule has 0 radical (unpaired) electrons. The van der Waals surface area contributed by atoms with E-state index in [1.807, 2.05) is 0 Å². The summed E-state index contributed by atoms with van der Waals surface area (Å²) in [5.74, 6) is 0.455. The smallest absolute Gasteiger partial charge is 0.358 e. The predicted molar refractivity (Wildman–Crippen MR) is 68.6 cm³/mol. The van der Waals surface area contributed by atoms with E-state index in [1.54, 1.807) is 12.1 Å². The topological polar surface area (TPSA) is 91.0 Å². The molecule has 2 aromatic rings. The molecule has 0 spiro atoms. The van der Waals surface area contributed by atoms with Crippen molar-refractivity contribution in [3.8, 4) is 28.6 Å². The second-order valence-corrected chi connectivity index (χ2v) is 3.80. The lowest BCUT2D eigenvalue weighted by molar-refractivity contribution is 0.0686. The number of carbonyl (C=O) groups is 1. The van der Waals surface area contributed by atoms with E-state index in [-0.39, 0.29) is 5.69 Å². The molecule has 7 nitrogen and oxygen atoms in total. The Kier molecular flexibility index (Phi) is 3.79. The third kappa shape index (κ3) is 2.37. The number of benzene rings is 1. The van der Waals surface area contributed by atoms with Crippen LogP contribution in [0.1, 0.15) is 10.5 Å². The second kappa shape index (κ2) is 5.52. The molecule has 2 rings (SSSR count). The van der Waals surface area contributed by atoms with Gasteiger partial charge in [-0.3, -0.25) is 0 Å². The van der Waals surface area contributed by atoms with Crippen LogP contribution in [-0.2, 0) is 0 Å². The summed E-state index contributed by atoms with van der Waals surface area (Å²) in [6, 6.07) is 4.62. The third-order valence-corrected chi connectivity index (χ3v) is 2.68. The molecular weight excluding hydrogens is 266 g/mol. The summed E-state index contributed by atoms with van der Waals surface area (Å²) in [4.78, 5) is 10.8. The van der Waals surface area contributed by atoms with E-state index in [2.05, 4.69) is 5.16 Å². The van der Waals surface area contributed by atoms with Gasteiger partial charge in [0.15, 0.2) is 23.0 Å². The zero-order valence-corrected chi connectivity index (χ0v) is 11.2. The summed E-state index contributed by atoms with van der Waals surface area (Å²) in [6.07, 6.45) is 0. The number of rotatable bonds is 5. The Morgan fingerprint density at radius 2 is 1.70 bits per heavy atom. The van der Waals surface area contributed by atoms with E-state index in [0.717, 1.165) is 0 Å².